The number of rotatable bonds is 4. The molecule has 0 saturated carbocycles. The molecule has 0 saturated heterocycles. The molecule has 2 nitrogen and oxygen atoms in total. The third-order valence-electron chi connectivity index (χ3n) is 2.34. The Kier molecular flexibility index (Phi) is 4.87. The van der Waals surface area contributed by atoms with Gasteiger partial charge in [0.15, 0.2) is 0 Å². The predicted molar refractivity (Wildman–Crippen MR) is 77.4 cm³/mol. The zero-order valence-corrected chi connectivity index (χ0v) is 12.2. The molecule has 0 amide bonds. The molecular weight excluding hydrogens is 287 g/mol. The van der Waals surface area contributed by atoms with Crippen LogP contribution in [0, 0.1) is 0 Å². The lowest BCUT2D eigenvalue weighted by atomic mass is 10.3. The van der Waals surface area contributed by atoms with Crippen LogP contribution in [-0.2, 0) is 12.2 Å². The summed E-state index contributed by atoms with van der Waals surface area (Å²) in [6, 6.07) is 9.52. The van der Waals surface area contributed by atoms with Crippen LogP contribution in [0.2, 0.25) is 10.2 Å². The van der Waals surface area contributed by atoms with Gasteiger partial charge in [0.1, 0.15) is 11.0 Å². The van der Waals surface area contributed by atoms with E-state index in [2.05, 4.69) is 16.9 Å². The van der Waals surface area contributed by atoms with Crippen LogP contribution >= 0.6 is 35.0 Å². The van der Waals surface area contributed by atoms with Crippen LogP contribution in [0.25, 0.3) is 0 Å². The van der Waals surface area contributed by atoms with Gasteiger partial charge in [-0.2, -0.15) is 0 Å². The van der Waals surface area contributed by atoms with E-state index in [-0.39, 0.29) is 0 Å². The molecule has 0 aliphatic heterocycles. The van der Waals surface area contributed by atoms with Gasteiger partial charge in [-0.3, -0.25) is 0 Å². The Hall–Kier alpha value is -0.770. The molecule has 0 fully saturated rings. The highest BCUT2D eigenvalue weighted by molar-refractivity contribution is 7.98. The van der Waals surface area contributed by atoms with Crippen LogP contribution in [0.4, 0.5) is 0 Å². The van der Waals surface area contributed by atoms with Crippen LogP contribution in [0.1, 0.15) is 18.4 Å². The fourth-order valence-electron chi connectivity index (χ4n) is 1.44. The number of nitrogens with zero attached hydrogens (tertiary/aromatic N) is 2. The Morgan fingerprint density at radius 3 is 2.50 bits per heavy atom. The van der Waals surface area contributed by atoms with Crippen molar-refractivity contribution in [3.63, 3.8) is 0 Å². The highest BCUT2D eigenvalue weighted by Crippen LogP contribution is 2.23. The lowest BCUT2D eigenvalue weighted by Gasteiger charge is -2.04. The summed E-state index contributed by atoms with van der Waals surface area (Å²) in [5.41, 5.74) is 0.974. The van der Waals surface area contributed by atoms with E-state index in [1.54, 1.807) is 17.8 Å². The predicted octanol–water partition coefficient (Wildman–Crippen LogP) is 4.64. The maximum atomic E-state index is 5.95. The minimum atomic E-state index is 0.508. The summed E-state index contributed by atoms with van der Waals surface area (Å²) in [4.78, 5) is 9.80. The van der Waals surface area contributed by atoms with E-state index in [9.17, 15) is 0 Å². The van der Waals surface area contributed by atoms with E-state index < -0.39 is 0 Å². The Morgan fingerprint density at radius 2 is 1.83 bits per heavy atom. The van der Waals surface area contributed by atoms with Crippen molar-refractivity contribution >= 4 is 35.0 Å². The first kappa shape index (κ1) is 13.7. The molecule has 1 aromatic heterocycles. The fourth-order valence-corrected chi connectivity index (χ4v) is 2.54. The molecule has 0 unspecified atom stereocenters. The van der Waals surface area contributed by atoms with Gasteiger partial charge in [0.2, 0.25) is 0 Å². The largest absolute Gasteiger partial charge is 0.237 e. The number of hydrogen-bond donors (Lipinski definition) is 0. The van der Waals surface area contributed by atoms with E-state index in [0.29, 0.717) is 10.9 Å². The molecule has 5 heteroatoms. The quantitative estimate of drug-likeness (QED) is 0.607. The molecule has 94 valence electrons. The molecule has 2 aromatic rings. The van der Waals surface area contributed by atoms with Gasteiger partial charge < -0.3 is 0 Å². The van der Waals surface area contributed by atoms with E-state index in [4.69, 9.17) is 23.2 Å². The fraction of sp³-hybridized carbons (Fsp3) is 0.231. The number of aromatic nitrogens is 2. The second-order valence-electron chi connectivity index (χ2n) is 3.69. The molecule has 0 aliphatic carbocycles. The smallest absolute Gasteiger partial charge is 0.140 e. The van der Waals surface area contributed by atoms with Crippen molar-refractivity contribution < 1.29 is 0 Å². The molecule has 0 atom stereocenters. The maximum Gasteiger partial charge on any atom is 0.140 e. The number of halogens is 2. The summed E-state index contributed by atoms with van der Waals surface area (Å²) in [6.07, 6.45) is 0.862. The van der Waals surface area contributed by atoms with Gasteiger partial charge in [0, 0.05) is 15.6 Å². The minimum absolute atomic E-state index is 0.508. The average molecular weight is 299 g/mol. The van der Waals surface area contributed by atoms with Gasteiger partial charge >= 0.3 is 0 Å². The molecule has 0 aliphatic rings. The van der Waals surface area contributed by atoms with Crippen LogP contribution in [0.15, 0.2) is 35.2 Å². The molecule has 1 heterocycles. The summed E-state index contributed by atoms with van der Waals surface area (Å²) in [6.45, 7) is 2.05. The Balaban J connectivity index is 2.05. The van der Waals surface area contributed by atoms with Gasteiger partial charge in [0.25, 0.3) is 0 Å². The zero-order chi connectivity index (χ0) is 13.0. The maximum absolute atomic E-state index is 5.95. The monoisotopic (exact) mass is 298 g/mol. The summed E-state index contributed by atoms with van der Waals surface area (Å²) >= 11 is 13.5. The zero-order valence-electron chi connectivity index (χ0n) is 9.86. The van der Waals surface area contributed by atoms with Crippen LogP contribution < -0.4 is 0 Å². The summed E-state index contributed by atoms with van der Waals surface area (Å²) < 4.78 is 0. The number of aryl methyl sites for hydroxylation is 1. The number of thioether (sulfide) groups is 1. The first-order chi connectivity index (χ1) is 8.67. The molecule has 0 radical (unpaired) electrons. The summed E-state index contributed by atoms with van der Waals surface area (Å²) in [5.74, 6) is 1.47. The highest BCUT2D eigenvalue weighted by Gasteiger charge is 2.03. The molecule has 0 N–H and O–H groups in total. The van der Waals surface area contributed by atoms with Crippen molar-refractivity contribution in [2.75, 3.05) is 0 Å². The van der Waals surface area contributed by atoms with Gasteiger partial charge in [-0.05, 0) is 36.8 Å². The van der Waals surface area contributed by atoms with E-state index in [1.807, 2.05) is 24.3 Å². The van der Waals surface area contributed by atoms with Gasteiger partial charge in [-0.25, -0.2) is 9.97 Å². The van der Waals surface area contributed by atoms with E-state index in [1.165, 1.54) is 0 Å². The average Bonchev–Trinajstić information content (AvgIpc) is 2.37. The van der Waals surface area contributed by atoms with Crippen molar-refractivity contribution in [2.24, 2.45) is 0 Å². The van der Waals surface area contributed by atoms with E-state index >= 15 is 0 Å². The topological polar surface area (TPSA) is 25.8 Å². The van der Waals surface area contributed by atoms with Gasteiger partial charge in [-0.15, -0.1) is 11.8 Å². The molecule has 0 bridgehead atoms. The summed E-state index contributed by atoms with van der Waals surface area (Å²) in [7, 11) is 0. The second kappa shape index (κ2) is 6.41. The molecule has 1 aromatic carbocycles. The van der Waals surface area contributed by atoms with Crippen LogP contribution in [0.3, 0.4) is 0 Å². The van der Waals surface area contributed by atoms with Crippen molar-refractivity contribution in [3.8, 4) is 0 Å². The molecular formula is C13H12Cl2N2S. The van der Waals surface area contributed by atoms with Crippen LogP contribution in [0.5, 0.6) is 0 Å². The normalized spacial score (nSPS) is 10.6. The number of hydrogen-bond acceptors (Lipinski definition) is 3. The van der Waals surface area contributed by atoms with Gasteiger partial charge in [-0.1, -0.05) is 30.1 Å². The van der Waals surface area contributed by atoms with Crippen molar-refractivity contribution in [3.05, 3.63) is 52.0 Å². The number of benzene rings is 1. The molecule has 18 heavy (non-hydrogen) atoms. The van der Waals surface area contributed by atoms with Crippen molar-refractivity contribution in [2.45, 2.75) is 24.0 Å². The van der Waals surface area contributed by atoms with E-state index in [0.717, 1.165) is 27.9 Å². The minimum Gasteiger partial charge on any atom is -0.237 e. The van der Waals surface area contributed by atoms with Crippen molar-refractivity contribution in [1.29, 1.82) is 0 Å². The van der Waals surface area contributed by atoms with Crippen molar-refractivity contribution in [1.82, 2.24) is 9.97 Å². The highest BCUT2D eigenvalue weighted by atomic mass is 35.5. The van der Waals surface area contributed by atoms with Gasteiger partial charge in [0.05, 0.1) is 5.75 Å². The standard InChI is InChI=1S/C13H12Cl2N2S/c1-2-10-7-12(15)17-13(16-10)8-18-11-5-3-9(14)4-6-11/h3-7H,2,8H2,1H3. The molecule has 0 spiro atoms. The first-order valence-corrected chi connectivity index (χ1v) is 7.32. The second-order valence-corrected chi connectivity index (χ2v) is 5.57. The summed E-state index contributed by atoms with van der Waals surface area (Å²) in [5, 5.41) is 1.25. The molecule has 2 rings (SSSR count). The lowest BCUT2D eigenvalue weighted by Crippen LogP contribution is -1.97. The lowest BCUT2D eigenvalue weighted by molar-refractivity contribution is 0.940. The Morgan fingerprint density at radius 1 is 1.11 bits per heavy atom. The first-order valence-electron chi connectivity index (χ1n) is 5.58. The third kappa shape index (κ3) is 3.87. The van der Waals surface area contributed by atoms with Crippen LogP contribution in [-0.4, -0.2) is 9.97 Å². The Labute approximate surface area is 121 Å². The SMILES string of the molecule is CCc1cc(Cl)nc(CSc2ccc(Cl)cc2)n1. The Bertz CT molecular complexity index is 529. The third-order valence-corrected chi connectivity index (χ3v) is 3.79.